The van der Waals surface area contributed by atoms with Gasteiger partial charge < -0.3 is 9.64 Å². The lowest BCUT2D eigenvalue weighted by atomic mass is 10.0. The van der Waals surface area contributed by atoms with Crippen LogP contribution >= 0.6 is 27.3 Å². The highest BCUT2D eigenvalue weighted by Gasteiger charge is 2.26. The first-order chi connectivity index (χ1) is 11.9. The fourth-order valence-corrected chi connectivity index (χ4v) is 4.08. The van der Waals surface area contributed by atoms with E-state index in [-0.39, 0.29) is 11.7 Å². The number of hydrogen-bond acceptors (Lipinski definition) is 5. The molecule has 0 spiro atoms. The van der Waals surface area contributed by atoms with Gasteiger partial charge in [-0.15, -0.1) is 11.3 Å². The molecule has 130 valence electrons. The van der Waals surface area contributed by atoms with Crippen molar-refractivity contribution < 1.29 is 19.1 Å². The van der Waals surface area contributed by atoms with Crippen LogP contribution in [0.2, 0.25) is 0 Å². The number of carbonyl (C=O) groups is 3. The highest BCUT2D eigenvalue weighted by Crippen LogP contribution is 2.29. The number of carbonyl (C=O) groups excluding carboxylic acids is 3. The van der Waals surface area contributed by atoms with E-state index >= 15 is 0 Å². The summed E-state index contributed by atoms with van der Waals surface area (Å²) in [5, 5.41) is 0. The molecule has 3 rings (SSSR count). The highest BCUT2D eigenvalue weighted by atomic mass is 79.9. The van der Waals surface area contributed by atoms with Gasteiger partial charge in [0.1, 0.15) is 4.88 Å². The summed E-state index contributed by atoms with van der Waals surface area (Å²) in [5.74, 6) is -0.782. The van der Waals surface area contributed by atoms with Gasteiger partial charge in [-0.1, -0.05) is 0 Å². The molecule has 25 heavy (non-hydrogen) atoms. The van der Waals surface area contributed by atoms with E-state index in [0.29, 0.717) is 23.4 Å². The average molecular weight is 422 g/mol. The Kier molecular flexibility index (Phi) is 5.06. The lowest BCUT2D eigenvalue weighted by Crippen LogP contribution is -2.26. The van der Waals surface area contributed by atoms with Gasteiger partial charge in [-0.05, 0) is 65.2 Å². The number of Topliss-reactive ketones (excluding diaryl/α,β-unsaturated/α-hetero) is 1. The third-order valence-corrected chi connectivity index (χ3v) is 5.67. The first-order valence-corrected chi connectivity index (χ1v) is 9.39. The Morgan fingerprint density at radius 3 is 2.64 bits per heavy atom. The van der Waals surface area contributed by atoms with Crippen molar-refractivity contribution in [3.8, 4) is 0 Å². The molecular formula is C18H16BrNO4S. The van der Waals surface area contributed by atoms with Crippen LogP contribution in [0.25, 0.3) is 0 Å². The zero-order valence-electron chi connectivity index (χ0n) is 13.7. The quantitative estimate of drug-likeness (QED) is 0.555. The molecule has 0 fully saturated rings. The fraction of sp³-hybridized carbons (Fsp3) is 0.278. The van der Waals surface area contributed by atoms with Crippen LogP contribution in [0, 0.1) is 0 Å². The molecule has 0 bridgehead atoms. The summed E-state index contributed by atoms with van der Waals surface area (Å²) < 4.78 is 6.11. The van der Waals surface area contributed by atoms with Crippen molar-refractivity contribution >= 4 is 50.6 Å². The van der Waals surface area contributed by atoms with Gasteiger partial charge in [-0.25, -0.2) is 4.79 Å². The summed E-state index contributed by atoms with van der Waals surface area (Å²) in [6, 6.07) is 8.65. The highest BCUT2D eigenvalue weighted by molar-refractivity contribution is 9.11. The van der Waals surface area contributed by atoms with Crippen LogP contribution in [0.5, 0.6) is 0 Å². The fourth-order valence-electron chi connectivity index (χ4n) is 2.81. The van der Waals surface area contributed by atoms with E-state index in [2.05, 4.69) is 15.9 Å². The predicted molar refractivity (Wildman–Crippen MR) is 99.4 cm³/mol. The molecule has 7 heteroatoms. The Morgan fingerprint density at radius 1 is 1.24 bits per heavy atom. The number of anilines is 1. The molecule has 1 atom stereocenters. The van der Waals surface area contributed by atoms with Gasteiger partial charge >= 0.3 is 5.97 Å². The SMILES string of the molecule is CC(=O)N1CCc2cc(C(=O)[C@H](C)OC(=O)c3ccc(Br)s3)ccc21. The Labute approximate surface area is 157 Å². The van der Waals surface area contributed by atoms with Crippen LogP contribution in [0.4, 0.5) is 5.69 Å². The van der Waals surface area contributed by atoms with Gasteiger partial charge in [-0.3, -0.25) is 9.59 Å². The number of esters is 1. The number of amides is 1. The number of ether oxygens (including phenoxy) is 1. The van der Waals surface area contributed by atoms with E-state index in [4.69, 9.17) is 4.74 Å². The van der Waals surface area contributed by atoms with Crippen LogP contribution < -0.4 is 4.90 Å². The number of fused-ring (bicyclic) bond motifs is 1. The average Bonchev–Trinajstić information content (AvgIpc) is 3.19. The van der Waals surface area contributed by atoms with Gasteiger partial charge in [0, 0.05) is 24.7 Å². The third kappa shape index (κ3) is 3.67. The largest absolute Gasteiger partial charge is 0.450 e. The molecule has 0 saturated heterocycles. The molecule has 0 N–H and O–H groups in total. The molecule has 1 aliphatic heterocycles. The van der Waals surface area contributed by atoms with Crippen LogP contribution in [-0.2, 0) is 16.0 Å². The second-order valence-electron chi connectivity index (χ2n) is 5.78. The Balaban J connectivity index is 1.73. The molecule has 1 aliphatic rings. The molecule has 1 aromatic carbocycles. The minimum absolute atomic E-state index is 0.0118. The molecule has 0 unspecified atom stereocenters. The predicted octanol–water partition coefficient (Wildman–Crippen LogP) is 3.85. The first-order valence-electron chi connectivity index (χ1n) is 7.78. The number of benzene rings is 1. The minimum atomic E-state index is -0.878. The normalized spacial score (nSPS) is 14.1. The molecule has 5 nitrogen and oxygen atoms in total. The molecule has 0 saturated carbocycles. The number of thiophene rings is 1. The van der Waals surface area contributed by atoms with Crippen molar-refractivity contribution in [2.75, 3.05) is 11.4 Å². The van der Waals surface area contributed by atoms with Crippen molar-refractivity contribution in [3.63, 3.8) is 0 Å². The van der Waals surface area contributed by atoms with E-state index in [1.807, 2.05) is 0 Å². The maximum absolute atomic E-state index is 12.6. The van der Waals surface area contributed by atoms with E-state index in [0.717, 1.165) is 15.0 Å². The summed E-state index contributed by atoms with van der Waals surface area (Å²) >= 11 is 4.55. The van der Waals surface area contributed by atoms with Crippen molar-refractivity contribution in [1.82, 2.24) is 0 Å². The monoisotopic (exact) mass is 421 g/mol. The van der Waals surface area contributed by atoms with Gasteiger partial charge in [0.15, 0.2) is 6.10 Å². The standard InChI is InChI=1S/C18H16BrNO4S/c1-10(24-18(23)15-5-6-16(19)25-15)17(22)13-3-4-14-12(9-13)7-8-20(14)11(2)21/h3-6,9-10H,7-8H2,1-2H3/t10-/m0/s1. The Hall–Kier alpha value is -1.99. The van der Waals surface area contributed by atoms with Crippen LogP contribution in [0.1, 0.15) is 39.4 Å². The Bertz CT molecular complexity index is 861. The van der Waals surface area contributed by atoms with Crippen molar-refractivity contribution in [3.05, 3.63) is 50.1 Å². The summed E-state index contributed by atoms with van der Waals surface area (Å²) in [6.07, 6.45) is -0.162. The second kappa shape index (κ2) is 7.09. The molecule has 2 aromatic rings. The van der Waals surface area contributed by atoms with Gasteiger partial charge in [-0.2, -0.15) is 0 Å². The van der Waals surface area contributed by atoms with E-state index in [9.17, 15) is 14.4 Å². The smallest absolute Gasteiger partial charge is 0.349 e. The zero-order chi connectivity index (χ0) is 18.1. The molecule has 1 aromatic heterocycles. The van der Waals surface area contributed by atoms with Crippen LogP contribution in [0.3, 0.4) is 0 Å². The minimum Gasteiger partial charge on any atom is -0.450 e. The number of hydrogen-bond donors (Lipinski definition) is 0. The number of nitrogens with zero attached hydrogens (tertiary/aromatic N) is 1. The molecule has 2 heterocycles. The summed E-state index contributed by atoms with van der Waals surface area (Å²) in [7, 11) is 0. The number of rotatable bonds is 4. The van der Waals surface area contributed by atoms with E-state index in [1.165, 1.54) is 18.3 Å². The van der Waals surface area contributed by atoms with Gasteiger partial charge in [0.2, 0.25) is 11.7 Å². The maximum atomic E-state index is 12.6. The van der Waals surface area contributed by atoms with E-state index < -0.39 is 12.1 Å². The van der Waals surface area contributed by atoms with Crippen LogP contribution in [-0.4, -0.2) is 30.3 Å². The van der Waals surface area contributed by atoms with Crippen LogP contribution in [0.15, 0.2) is 34.1 Å². The number of ketones is 1. The van der Waals surface area contributed by atoms with Gasteiger partial charge in [0.05, 0.1) is 3.79 Å². The zero-order valence-corrected chi connectivity index (χ0v) is 16.1. The lowest BCUT2D eigenvalue weighted by Gasteiger charge is -2.15. The molecular weight excluding hydrogens is 406 g/mol. The lowest BCUT2D eigenvalue weighted by molar-refractivity contribution is -0.116. The second-order valence-corrected chi connectivity index (χ2v) is 8.24. The molecule has 0 aliphatic carbocycles. The Morgan fingerprint density at radius 2 is 2.00 bits per heavy atom. The van der Waals surface area contributed by atoms with Gasteiger partial charge in [0.25, 0.3) is 0 Å². The van der Waals surface area contributed by atoms with Crippen molar-refractivity contribution in [2.45, 2.75) is 26.4 Å². The van der Waals surface area contributed by atoms with Crippen molar-refractivity contribution in [1.29, 1.82) is 0 Å². The molecule has 0 radical (unpaired) electrons. The summed E-state index contributed by atoms with van der Waals surface area (Å²) in [6.45, 7) is 3.72. The van der Waals surface area contributed by atoms with E-state index in [1.54, 1.807) is 42.2 Å². The summed E-state index contributed by atoms with van der Waals surface area (Å²) in [5.41, 5.74) is 2.29. The maximum Gasteiger partial charge on any atom is 0.349 e. The third-order valence-electron chi connectivity index (χ3n) is 4.07. The number of halogens is 1. The molecule has 1 amide bonds. The van der Waals surface area contributed by atoms with Crippen molar-refractivity contribution in [2.24, 2.45) is 0 Å². The summed E-state index contributed by atoms with van der Waals surface area (Å²) in [4.78, 5) is 38.4. The first kappa shape index (κ1) is 17.8. The topological polar surface area (TPSA) is 63.7 Å².